The second-order valence-corrected chi connectivity index (χ2v) is 4.42. The number of nitrogens with one attached hydrogen (secondary N) is 1. The van der Waals surface area contributed by atoms with Gasteiger partial charge in [-0.25, -0.2) is 0 Å². The van der Waals surface area contributed by atoms with Crippen LogP contribution in [-0.2, 0) is 9.53 Å². The van der Waals surface area contributed by atoms with E-state index in [9.17, 15) is 4.79 Å². The van der Waals surface area contributed by atoms with Crippen molar-refractivity contribution in [2.75, 3.05) is 33.3 Å². The molecule has 1 N–H and O–H groups in total. The summed E-state index contributed by atoms with van der Waals surface area (Å²) in [4.78, 5) is 14.2. The number of ether oxygens (including phenoxy) is 1. The first-order chi connectivity index (χ1) is 8.03. The molecular weight excluding hydrogens is 216 g/mol. The van der Waals surface area contributed by atoms with Crippen LogP contribution in [0.3, 0.4) is 0 Å². The highest BCUT2D eigenvalue weighted by molar-refractivity contribution is 5.84. The summed E-state index contributed by atoms with van der Waals surface area (Å²) in [5.74, 6) is -0.0120. The number of methoxy groups -OCH3 is 1. The summed E-state index contributed by atoms with van der Waals surface area (Å²) >= 11 is 0. The number of carbonyl (C=O) groups excluding carboxylic acids is 1. The predicted octanol–water partition coefficient (Wildman–Crippen LogP) is 1.65. The van der Waals surface area contributed by atoms with Gasteiger partial charge in [0.2, 0.25) is 0 Å². The number of hydrogen-bond donors (Lipinski definition) is 1. The van der Waals surface area contributed by atoms with E-state index in [1.807, 2.05) is 13.8 Å². The molecule has 0 fully saturated rings. The second kappa shape index (κ2) is 8.48. The Balaban J connectivity index is 3.85. The van der Waals surface area contributed by atoms with E-state index in [4.69, 9.17) is 4.74 Å². The first kappa shape index (κ1) is 16.4. The van der Waals surface area contributed by atoms with E-state index in [2.05, 4.69) is 24.1 Å². The molecule has 17 heavy (non-hydrogen) atoms. The van der Waals surface area contributed by atoms with Crippen LogP contribution in [0, 0.1) is 0 Å². The van der Waals surface area contributed by atoms with Crippen molar-refractivity contribution in [1.82, 2.24) is 10.2 Å². The molecule has 0 spiro atoms. The number of nitrogens with zero attached hydrogens (tertiary/aromatic N) is 1. The van der Waals surface area contributed by atoms with Gasteiger partial charge in [0.25, 0.3) is 5.91 Å². The van der Waals surface area contributed by atoms with E-state index in [0.717, 1.165) is 26.1 Å². The molecule has 1 atom stereocenters. The Labute approximate surface area is 106 Å². The third kappa shape index (κ3) is 5.50. The normalized spacial score (nSPS) is 14.7. The first-order valence-electron chi connectivity index (χ1n) is 6.59. The van der Waals surface area contributed by atoms with E-state index >= 15 is 0 Å². The van der Waals surface area contributed by atoms with Crippen molar-refractivity contribution < 1.29 is 9.53 Å². The molecule has 0 aliphatic carbocycles. The smallest absolute Gasteiger partial charge is 0.251 e. The molecule has 0 radical (unpaired) electrons. The molecule has 0 aliphatic heterocycles. The van der Waals surface area contributed by atoms with Crippen LogP contribution in [0.2, 0.25) is 0 Å². The summed E-state index contributed by atoms with van der Waals surface area (Å²) < 4.78 is 5.25. The van der Waals surface area contributed by atoms with Crippen LogP contribution in [-0.4, -0.2) is 49.7 Å². The monoisotopic (exact) mass is 244 g/mol. The van der Waals surface area contributed by atoms with Gasteiger partial charge in [-0.15, -0.1) is 0 Å². The van der Waals surface area contributed by atoms with Crippen molar-refractivity contribution >= 4 is 5.91 Å². The molecule has 1 amide bonds. The quantitative estimate of drug-likeness (QED) is 0.627. The van der Waals surface area contributed by atoms with Crippen LogP contribution in [0.5, 0.6) is 0 Å². The lowest BCUT2D eigenvalue weighted by atomic mass is 10.0. The van der Waals surface area contributed by atoms with Gasteiger partial charge in [0, 0.05) is 13.7 Å². The van der Waals surface area contributed by atoms with E-state index in [1.54, 1.807) is 7.11 Å². The van der Waals surface area contributed by atoms with Gasteiger partial charge in [-0.1, -0.05) is 20.8 Å². The topological polar surface area (TPSA) is 41.6 Å². The van der Waals surface area contributed by atoms with Gasteiger partial charge in [0.1, 0.15) is 5.60 Å². The maximum Gasteiger partial charge on any atom is 0.251 e. The summed E-state index contributed by atoms with van der Waals surface area (Å²) in [6.07, 6.45) is 1.67. The fraction of sp³-hybridized carbons (Fsp3) is 0.923. The van der Waals surface area contributed by atoms with Crippen LogP contribution in [0.25, 0.3) is 0 Å². The zero-order valence-corrected chi connectivity index (χ0v) is 12.0. The van der Waals surface area contributed by atoms with Gasteiger partial charge in [0.05, 0.1) is 0 Å². The lowest BCUT2D eigenvalue weighted by Crippen LogP contribution is -2.46. The Bertz CT molecular complexity index is 211. The number of hydrogen-bond acceptors (Lipinski definition) is 3. The molecule has 4 heteroatoms. The summed E-state index contributed by atoms with van der Waals surface area (Å²) in [5, 5.41) is 2.94. The Kier molecular flexibility index (Phi) is 8.17. The largest absolute Gasteiger partial charge is 0.369 e. The molecule has 0 bridgehead atoms. The van der Waals surface area contributed by atoms with Crippen molar-refractivity contribution in [2.45, 2.75) is 46.1 Å². The fourth-order valence-corrected chi connectivity index (χ4v) is 1.63. The van der Waals surface area contributed by atoms with Crippen molar-refractivity contribution in [3.8, 4) is 0 Å². The molecule has 0 aromatic carbocycles. The highest BCUT2D eigenvalue weighted by Gasteiger charge is 2.30. The van der Waals surface area contributed by atoms with E-state index in [1.165, 1.54) is 0 Å². The fourth-order valence-electron chi connectivity index (χ4n) is 1.63. The Morgan fingerprint density at radius 2 is 1.88 bits per heavy atom. The molecule has 0 aromatic heterocycles. The highest BCUT2D eigenvalue weighted by atomic mass is 16.5. The van der Waals surface area contributed by atoms with Crippen LogP contribution in [0.15, 0.2) is 0 Å². The number of amides is 1. The molecule has 102 valence electrons. The highest BCUT2D eigenvalue weighted by Crippen LogP contribution is 2.13. The molecular formula is C13H28N2O2. The third-order valence-corrected chi connectivity index (χ3v) is 3.44. The van der Waals surface area contributed by atoms with Gasteiger partial charge in [0.15, 0.2) is 0 Å². The average molecular weight is 244 g/mol. The van der Waals surface area contributed by atoms with Crippen LogP contribution in [0.4, 0.5) is 0 Å². The average Bonchev–Trinajstić information content (AvgIpc) is 2.37. The summed E-state index contributed by atoms with van der Waals surface area (Å²) in [6, 6.07) is 0. The molecule has 4 nitrogen and oxygen atoms in total. The SMILES string of the molecule is CCN(CC)CCCNC(=O)C(C)(CC)OC. The molecule has 0 aromatic rings. The zero-order valence-electron chi connectivity index (χ0n) is 12.0. The first-order valence-corrected chi connectivity index (χ1v) is 6.59. The maximum absolute atomic E-state index is 11.9. The molecule has 1 unspecified atom stereocenters. The van der Waals surface area contributed by atoms with Crippen molar-refractivity contribution in [3.63, 3.8) is 0 Å². The number of rotatable bonds is 9. The minimum absolute atomic E-state index is 0.0120. The van der Waals surface area contributed by atoms with Crippen LogP contribution in [0.1, 0.15) is 40.5 Å². The number of carbonyl (C=O) groups is 1. The lowest BCUT2D eigenvalue weighted by Gasteiger charge is -2.25. The Morgan fingerprint density at radius 1 is 1.29 bits per heavy atom. The summed E-state index contributed by atoms with van der Waals surface area (Å²) in [6.45, 7) is 12.0. The van der Waals surface area contributed by atoms with E-state index < -0.39 is 5.60 Å². The van der Waals surface area contributed by atoms with Gasteiger partial charge < -0.3 is 15.0 Å². The maximum atomic E-state index is 11.9. The lowest BCUT2D eigenvalue weighted by molar-refractivity contribution is -0.141. The minimum Gasteiger partial charge on any atom is -0.369 e. The van der Waals surface area contributed by atoms with Gasteiger partial charge in [-0.3, -0.25) is 4.79 Å². The molecule has 0 saturated carbocycles. The van der Waals surface area contributed by atoms with E-state index in [0.29, 0.717) is 13.0 Å². The molecule has 0 heterocycles. The summed E-state index contributed by atoms with van der Waals surface area (Å²) in [5.41, 5.74) is -0.685. The minimum atomic E-state index is -0.685. The zero-order chi connectivity index (χ0) is 13.3. The van der Waals surface area contributed by atoms with Crippen molar-refractivity contribution in [3.05, 3.63) is 0 Å². The second-order valence-electron chi connectivity index (χ2n) is 4.42. The standard InChI is InChI=1S/C13H28N2O2/c1-6-13(4,17-5)12(16)14-10-9-11-15(7-2)8-3/h6-11H2,1-5H3,(H,14,16). The van der Waals surface area contributed by atoms with E-state index in [-0.39, 0.29) is 5.91 Å². The third-order valence-electron chi connectivity index (χ3n) is 3.44. The predicted molar refractivity (Wildman–Crippen MR) is 71.1 cm³/mol. The Hall–Kier alpha value is -0.610. The van der Waals surface area contributed by atoms with Crippen molar-refractivity contribution in [2.24, 2.45) is 0 Å². The molecule has 0 aliphatic rings. The molecule has 0 saturated heterocycles. The summed E-state index contributed by atoms with van der Waals surface area (Å²) in [7, 11) is 1.58. The van der Waals surface area contributed by atoms with Gasteiger partial charge in [-0.05, 0) is 39.4 Å². The van der Waals surface area contributed by atoms with Gasteiger partial charge in [-0.2, -0.15) is 0 Å². The van der Waals surface area contributed by atoms with Crippen LogP contribution >= 0.6 is 0 Å². The van der Waals surface area contributed by atoms with Crippen LogP contribution < -0.4 is 5.32 Å². The molecule has 0 rings (SSSR count). The van der Waals surface area contributed by atoms with Crippen molar-refractivity contribution in [1.29, 1.82) is 0 Å². The Morgan fingerprint density at radius 3 is 2.29 bits per heavy atom. The van der Waals surface area contributed by atoms with Gasteiger partial charge >= 0.3 is 0 Å².